The van der Waals surface area contributed by atoms with E-state index in [-0.39, 0.29) is 18.8 Å². The lowest BCUT2D eigenvalue weighted by molar-refractivity contribution is -0.213. The van der Waals surface area contributed by atoms with Gasteiger partial charge in [0.2, 0.25) is 0 Å². The Morgan fingerprint density at radius 2 is 1.77 bits per heavy atom. The lowest BCUT2D eigenvalue weighted by Gasteiger charge is -2.27. The molecule has 35 heavy (non-hydrogen) atoms. The molecule has 0 bridgehead atoms. The molecule has 9 heteroatoms. The molecule has 1 spiro atoms. The molecule has 1 saturated carbocycles. The Balaban J connectivity index is 1.15. The third kappa shape index (κ3) is 3.64. The maximum atomic E-state index is 10.1. The molecule has 3 aromatic rings. The highest BCUT2D eigenvalue weighted by molar-refractivity contribution is 5.82. The summed E-state index contributed by atoms with van der Waals surface area (Å²) in [5.74, 6) is 0.710. The first-order chi connectivity index (χ1) is 17.2. The van der Waals surface area contributed by atoms with Crippen molar-refractivity contribution in [1.29, 1.82) is 0 Å². The summed E-state index contributed by atoms with van der Waals surface area (Å²) in [6.07, 6.45) is 9.50. The van der Waals surface area contributed by atoms with Gasteiger partial charge in [0.15, 0.2) is 29.0 Å². The summed E-state index contributed by atoms with van der Waals surface area (Å²) in [5, 5.41) is 13.6. The summed E-state index contributed by atoms with van der Waals surface area (Å²) < 4.78 is 21.3. The van der Waals surface area contributed by atoms with Crippen LogP contribution < -0.4 is 5.32 Å². The number of aliphatic hydroxyl groups is 1. The van der Waals surface area contributed by atoms with Crippen molar-refractivity contribution in [2.45, 2.75) is 75.3 Å². The standard InChI is InChI=1S/C26H31N5O4/c32-13-19-21-22(35-26(34-21)10-17-8-4-5-9-18(17)11-26)25(33-19)31-15-30-20-23(28-14-29-24(20)31)27-12-16-6-2-1-3-7-16/h4-5,8-9,14-16,19,21-22,25,32H,1-3,6-7,10-13H2,(H,27,28,29)/t19-,21?,22?,25-/m1/s1. The topological polar surface area (TPSA) is 104 Å². The molecule has 0 amide bonds. The largest absolute Gasteiger partial charge is 0.394 e. The van der Waals surface area contributed by atoms with Crippen molar-refractivity contribution in [3.05, 3.63) is 48.0 Å². The van der Waals surface area contributed by atoms with E-state index >= 15 is 0 Å². The quantitative estimate of drug-likeness (QED) is 0.578. The van der Waals surface area contributed by atoms with Gasteiger partial charge < -0.3 is 24.6 Å². The summed E-state index contributed by atoms with van der Waals surface area (Å²) >= 11 is 0. The minimum atomic E-state index is -0.716. The third-order valence-electron chi connectivity index (χ3n) is 8.12. The van der Waals surface area contributed by atoms with Gasteiger partial charge in [-0.2, -0.15) is 0 Å². The molecule has 2 aliphatic carbocycles. The van der Waals surface area contributed by atoms with Crippen LogP contribution in [0.25, 0.3) is 11.2 Å². The zero-order valence-corrected chi connectivity index (χ0v) is 19.7. The second-order valence-electron chi connectivity index (χ2n) is 10.4. The number of aromatic nitrogens is 4. The predicted octanol–water partition coefficient (Wildman–Crippen LogP) is 2.99. The van der Waals surface area contributed by atoms with E-state index in [1.807, 2.05) is 16.7 Å². The third-order valence-corrected chi connectivity index (χ3v) is 8.12. The van der Waals surface area contributed by atoms with E-state index in [9.17, 15) is 5.11 Å². The van der Waals surface area contributed by atoms with Crippen LogP contribution in [0.15, 0.2) is 36.9 Å². The summed E-state index contributed by atoms with van der Waals surface area (Å²) in [7, 11) is 0. The van der Waals surface area contributed by atoms with E-state index in [1.165, 1.54) is 43.2 Å². The molecule has 2 unspecified atom stereocenters. The van der Waals surface area contributed by atoms with Crippen LogP contribution >= 0.6 is 0 Å². The van der Waals surface area contributed by atoms with Crippen molar-refractivity contribution in [2.75, 3.05) is 18.5 Å². The van der Waals surface area contributed by atoms with Crippen LogP contribution in [-0.2, 0) is 27.1 Å². The molecule has 7 rings (SSSR count). The highest BCUT2D eigenvalue weighted by Gasteiger charge is 2.60. The van der Waals surface area contributed by atoms with Crippen LogP contribution in [-0.4, -0.2) is 61.9 Å². The number of hydrogen-bond acceptors (Lipinski definition) is 8. The molecule has 9 nitrogen and oxygen atoms in total. The summed E-state index contributed by atoms with van der Waals surface area (Å²) in [5.41, 5.74) is 3.91. The molecule has 2 aliphatic heterocycles. The molecule has 3 fully saturated rings. The molecule has 4 aliphatic rings. The van der Waals surface area contributed by atoms with Gasteiger partial charge >= 0.3 is 0 Å². The Labute approximate surface area is 203 Å². The summed E-state index contributed by atoms with van der Waals surface area (Å²) in [6.45, 7) is 0.760. The first-order valence-corrected chi connectivity index (χ1v) is 12.8. The van der Waals surface area contributed by atoms with Crippen molar-refractivity contribution in [1.82, 2.24) is 19.5 Å². The van der Waals surface area contributed by atoms with Crippen molar-refractivity contribution in [3.8, 4) is 0 Å². The minimum absolute atomic E-state index is 0.139. The molecular weight excluding hydrogens is 446 g/mol. The molecule has 4 heterocycles. The highest BCUT2D eigenvalue weighted by Crippen LogP contribution is 2.48. The Morgan fingerprint density at radius 1 is 1.00 bits per heavy atom. The van der Waals surface area contributed by atoms with Crippen LogP contribution in [0.4, 0.5) is 5.82 Å². The first kappa shape index (κ1) is 21.7. The average molecular weight is 478 g/mol. The molecule has 2 N–H and O–H groups in total. The number of nitrogens with zero attached hydrogens (tertiary/aromatic N) is 4. The van der Waals surface area contributed by atoms with Crippen LogP contribution in [0.1, 0.15) is 49.5 Å². The zero-order chi connectivity index (χ0) is 23.4. The van der Waals surface area contributed by atoms with Crippen LogP contribution in [0.2, 0.25) is 0 Å². The fourth-order valence-electron chi connectivity index (χ4n) is 6.38. The predicted molar refractivity (Wildman–Crippen MR) is 128 cm³/mol. The van der Waals surface area contributed by atoms with Gasteiger partial charge in [-0.05, 0) is 29.9 Å². The maximum absolute atomic E-state index is 10.1. The number of benzene rings is 1. The molecule has 4 atom stereocenters. The van der Waals surface area contributed by atoms with Gasteiger partial charge in [0.1, 0.15) is 24.6 Å². The Kier molecular flexibility index (Phi) is 5.27. The van der Waals surface area contributed by atoms with Gasteiger partial charge in [-0.3, -0.25) is 4.57 Å². The van der Waals surface area contributed by atoms with Gasteiger partial charge in [-0.15, -0.1) is 0 Å². The number of nitrogens with one attached hydrogen (secondary N) is 1. The Morgan fingerprint density at radius 3 is 2.54 bits per heavy atom. The fraction of sp³-hybridized carbons (Fsp3) is 0.577. The molecule has 1 aromatic carbocycles. The number of ether oxygens (including phenoxy) is 3. The van der Waals surface area contributed by atoms with Gasteiger partial charge in [-0.25, -0.2) is 15.0 Å². The Bertz CT molecular complexity index is 1200. The molecule has 0 radical (unpaired) electrons. The van der Waals surface area contributed by atoms with Gasteiger partial charge in [0.25, 0.3) is 0 Å². The lowest BCUT2D eigenvalue weighted by Crippen LogP contribution is -2.36. The van der Waals surface area contributed by atoms with E-state index in [2.05, 4.69) is 32.4 Å². The molecule has 2 aromatic heterocycles. The monoisotopic (exact) mass is 477 g/mol. The smallest absolute Gasteiger partial charge is 0.177 e. The first-order valence-electron chi connectivity index (χ1n) is 12.8. The van der Waals surface area contributed by atoms with Crippen LogP contribution in [0, 0.1) is 5.92 Å². The fourth-order valence-corrected chi connectivity index (χ4v) is 6.38. The number of hydrogen-bond donors (Lipinski definition) is 2. The second kappa shape index (κ2) is 8.51. The van der Waals surface area contributed by atoms with Crippen LogP contribution in [0.3, 0.4) is 0 Å². The molecular formula is C26H31N5O4. The second-order valence-corrected chi connectivity index (χ2v) is 10.4. The SMILES string of the molecule is OC[C@H]1O[C@@H](n2cnc3c(NCC4CCCCC4)ncnc32)C2OC3(Cc4ccccc4C3)OC21. The maximum Gasteiger partial charge on any atom is 0.177 e. The lowest BCUT2D eigenvalue weighted by atomic mass is 9.89. The normalized spacial score (nSPS) is 29.6. The zero-order valence-electron chi connectivity index (χ0n) is 19.7. The van der Waals surface area contributed by atoms with Gasteiger partial charge in [-0.1, -0.05) is 43.5 Å². The highest BCUT2D eigenvalue weighted by atomic mass is 16.8. The number of fused-ring (bicyclic) bond motifs is 3. The van der Waals surface area contributed by atoms with Crippen molar-refractivity contribution in [2.24, 2.45) is 5.92 Å². The number of imidazole rings is 1. The van der Waals surface area contributed by atoms with Crippen molar-refractivity contribution < 1.29 is 19.3 Å². The summed E-state index contributed by atoms with van der Waals surface area (Å²) in [4.78, 5) is 13.7. The van der Waals surface area contributed by atoms with Gasteiger partial charge in [0, 0.05) is 19.4 Å². The average Bonchev–Trinajstić information content (AvgIpc) is 3.64. The number of rotatable bonds is 5. The molecule has 184 valence electrons. The van der Waals surface area contributed by atoms with E-state index < -0.39 is 18.1 Å². The molecule has 2 saturated heterocycles. The number of aliphatic hydroxyl groups excluding tert-OH is 1. The van der Waals surface area contributed by atoms with Gasteiger partial charge in [0.05, 0.1) is 12.9 Å². The number of anilines is 1. The van der Waals surface area contributed by atoms with E-state index in [1.54, 1.807) is 12.7 Å². The van der Waals surface area contributed by atoms with Crippen LogP contribution in [0.5, 0.6) is 0 Å². The minimum Gasteiger partial charge on any atom is -0.394 e. The Hall–Kier alpha value is -2.59. The van der Waals surface area contributed by atoms with E-state index in [0.717, 1.165) is 17.9 Å². The van der Waals surface area contributed by atoms with Crippen molar-refractivity contribution >= 4 is 17.0 Å². The van der Waals surface area contributed by atoms with E-state index in [0.29, 0.717) is 24.4 Å². The van der Waals surface area contributed by atoms with Crippen molar-refractivity contribution in [3.63, 3.8) is 0 Å². The van der Waals surface area contributed by atoms with E-state index in [4.69, 9.17) is 14.2 Å². The summed E-state index contributed by atoms with van der Waals surface area (Å²) in [6, 6.07) is 8.36.